The van der Waals surface area contributed by atoms with E-state index in [1.165, 1.54) is 11.8 Å². The van der Waals surface area contributed by atoms with Crippen molar-refractivity contribution in [2.45, 2.75) is 5.16 Å². The van der Waals surface area contributed by atoms with Gasteiger partial charge in [-0.25, -0.2) is 4.68 Å². The van der Waals surface area contributed by atoms with Crippen molar-refractivity contribution in [1.29, 1.82) is 0 Å². The highest BCUT2D eigenvalue weighted by Gasteiger charge is 2.21. The maximum Gasteiger partial charge on any atom is 0.249 e. The van der Waals surface area contributed by atoms with Gasteiger partial charge in [-0.1, -0.05) is 35.5 Å². The minimum Gasteiger partial charge on any atom is -0.272 e. The van der Waals surface area contributed by atoms with E-state index < -0.39 is 0 Å². The number of hydrogen-bond acceptors (Lipinski definition) is 4. The Morgan fingerprint density at radius 1 is 1.41 bits per heavy atom. The molecule has 0 radical (unpaired) electrons. The van der Waals surface area contributed by atoms with Crippen molar-refractivity contribution in [3.05, 3.63) is 29.3 Å². The Hall–Kier alpha value is -1.53. The third kappa shape index (κ3) is 1.89. The molecule has 86 valence electrons. The first-order valence-corrected chi connectivity index (χ1v) is 6.24. The number of halogens is 1. The van der Waals surface area contributed by atoms with Crippen LogP contribution in [0.25, 0.3) is 11.4 Å². The first kappa shape index (κ1) is 10.6. The van der Waals surface area contributed by atoms with Crippen molar-refractivity contribution in [3.8, 4) is 11.4 Å². The lowest BCUT2D eigenvalue weighted by Gasteiger charge is -2.15. The summed E-state index contributed by atoms with van der Waals surface area (Å²) < 4.78 is 1.59. The van der Waals surface area contributed by atoms with Crippen molar-refractivity contribution in [2.24, 2.45) is 0 Å². The van der Waals surface area contributed by atoms with E-state index >= 15 is 0 Å². The minimum absolute atomic E-state index is 0.0643. The number of thioether (sulfide) groups is 1. The Balaban J connectivity index is 2.10. The van der Waals surface area contributed by atoms with Crippen molar-refractivity contribution in [3.63, 3.8) is 0 Å². The highest BCUT2D eigenvalue weighted by molar-refractivity contribution is 7.99. The van der Waals surface area contributed by atoms with E-state index in [9.17, 15) is 4.79 Å². The molecule has 5 nitrogen and oxygen atoms in total. The Kier molecular flexibility index (Phi) is 2.53. The topological polar surface area (TPSA) is 59.8 Å². The van der Waals surface area contributed by atoms with Crippen molar-refractivity contribution in [1.82, 2.24) is 14.9 Å². The van der Waals surface area contributed by atoms with Gasteiger partial charge in [-0.15, -0.1) is 10.2 Å². The van der Waals surface area contributed by atoms with E-state index in [0.717, 1.165) is 5.56 Å². The molecule has 0 fully saturated rings. The van der Waals surface area contributed by atoms with Gasteiger partial charge in [-0.2, -0.15) is 0 Å². The first-order valence-electron chi connectivity index (χ1n) is 4.88. The van der Waals surface area contributed by atoms with Crippen LogP contribution in [0.1, 0.15) is 0 Å². The molecule has 0 aliphatic carbocycles. The largest absolute Gasteiger partial charge is 0.272 e. The van der Waals surface area contributed by atoms with Crippen molar-refractivity contribution < 1.29 is 4.79 Å². The molecule has 2 aromatic rings. The molecule has 7 heteroatoms. The molecule has 0 bridgehead atoms. The molecular weight excluding hydrogens is 260 g/mol. The molecule has 2 heterocycles. The van der Waals surface area contributed by atoms with Crippen LogP contribution in [0.5, 0.6) is 0 Å². The second-order valence-corrected chi connectivity index (χ2v) is 4.85. The summed E-state index contributed by atoms with van der Waals surface area (Å²) in [5.41, 5.74) is 3.53. The van der Waals surface area contributed by atoms with Crippen LogP contribution in [0.15, 0.2) is 29.4 Å². The number of fused-ring (bicyclic) bond motifs is 1. The van der Waals surface area contributed by atoms with Gasteiger partial charge in [-0.05, 0) is 12.1 Å². The van der Waals surface area contributed by atoms with E-state index in [1.54, 1.807) is 16.8 Å². The molecule has 0 atom stereocenters. The quantitative estimate of drug-likeness (QED) is 0.855. The molecule has 0 spiro atoms. The van der Waals surface area contributed by atoms with Crippen LogP contribution in [0.4, 0.5) is 0 Å². The average Bonchev–Trinajstić information content (AvgIpc) is 2.71. The number of carbonyl (C=O) groups is 1. The van der Waals surface area contributed by atoms with Gasteiger partial charge in [0.1, 0.15) is 0 Å². The van der Waals surface area contributed by atoms with Crippen LogP contribution >= 0.6 is 23.4 Å². The molecular formula is C10H7ClN4OS. The van der Waals surface area contributed by atoms with Gasteiger partial charge in [0.15, 0.2) is 5.82 Å². The summed E-state index contributed by atoms with van der Waals surface area (Å²) in [6.07, 6.45) is 0. The molecule has 0 saturated carbocycles. The van der Waals surface area contributed by atoms with Crippen LogP contribution in [0.3, 0.4) is 0 Å². The fourth-order valence-electron chi connectivity index (χ4n) is 1.57. The van der Waals surface area contributed by atoms with Crippen LogP contribution in [-0.2, 0) is 4.79 Å². The predicted molar refractivity (Wildman–Crippen MR) is 65.6 cm³/mol. The van der Waals surface area contributed by atoms with E-state index in [1.807, 2.05) is 12.1 Å². The number of aromatic nitrogens is 3. The number of benzene rings is 1. The molecule has 1 amide bonds. The number of carbonyl (C=O) groups excluding carboxylic acids is 1. The molecule has 1 aromatic carbocycles. The van der Waals surface area contributed by atoms with Crippen LogP contribution < -0.4 is 5.43 Å². The Morgan fingerprint density at radius 3 is 3.12 bits per heavy atom. The van der Waals surface area contributed by atoms with Crippen molar-refractivity contribution in [2.75, 3.05) is 11.2 Å². The van der Waals surface area contributed by atoms with Crippen LogP contribution in [0, 0.1) is 0 Å². The second kappa shape index (κ2) is 4.05. The number of rotatable bonds is 1. The number of nitrogens with zero attached hydrogens (tertiary/aromatic N) is 3. The third-order valence-electron chi connectivity index (χ3n) is 2.29. The first-order chi connectivity index (χ1) is 8.24. The number of hydrogen-bond donors (Lipinski definition) is 1. The minimum atomic E-state index is -0.0643. The summed E-state index contributed by atoms with van der Waals surface area (Å²) >= 11 is 7.28. The molecule has 17 heavy (non-hydrogen) atoms. The Bertz CT molecular complexity index is 598. The molecule has 1 aromatic heterocycles. The summed E-state index contributed by atoms with van der Waals surface area (Å²) in [6.45, 7) is 0. The standard InChI is InChI=1S/C10H7ClN4OS/c11-7-3-1-2-6(4-7)9-12-13-10-15(9)14-8(16)5-17-10/h1-4H,5H2,(H,14,16). The number of nitrogens with one attached hydrogen (secondary N) is 1. The fraction of sp³-hybridized carbons (Fsp3) is 0.100. The summed E-state index contributed by atoms with van der Waals surface area (Å²) in [5.74, 6) is 0.891. The fourth-order valence-corrected chi connectivity index (χ4v) is 2.44. The highest BCUT2D eigenvalue weighted by Crippen LogP contribution is 2.26. The summed E-state index contributed by atoms with van der Waals surface area (Å²) in [4.78, 5) is 11.3. The van der Waals surface area contributed by atoms with Crippen LogP contribution in [-0.4, -0.2) is 26.5 Å². The summed E-state index contributed by atoms with van der Waals surface area (Å²) in [6, 6.07) is 7.27. The molecule has 1 aliphatic rings. The summed E-state index contributed by atoms with van der Waals surface area (Å²) in [7, 11) is 0. The Morgan fingerprint density at radius 2 is 2.29 bits per heavy atom. The average molecular weight is 267 g/mol. The van der Waals surface area contributed by atoms with E-state index in [0.29, 0.717) is 21.8 Å². The van der Waals surface area contributed by atoms with Gasteiger partial charge in [0.25, 0.3) is 0 Å². The third-order valence-corrected chi connectivity index (χ3v) is 3.45. The van der Waals surface area contributed by atoms with E-state index in [2.05, 4.69) is 15.6 Å². The zero-order valence-corrected chi connectivity index (χ0v) is 10.1. The van der Waals surface area contributed by atoms with Crippen molar-refractivity contribution >= 4 is 29.3 Å². The summed E-state index contributed by atoms with van der Waals surface area (Å²) in [5, 5.41) is 9.38. The molecule has 0 saturated heterocycles. The monoisotopic (exact) mass is 266 g/mol. The Labute approximate surface area is 106 Å². The predicted octanol–water partition coefficient (Wildman–Crippen LogP) is 1.77. The molecule has 3 rings (SSSR count). The van der Waals surface area contributed by atoms with Gasteiger partial charge in [0.05, 0.1) is 5.75 Å². The lowest BCUT2D eigenvalue weighted by atomic mass is 10.2. The zero-order chi connectivity index (χ0) is 11.8. The maximum absolute atomic E-state index is 11.3. The number of amides is 1. The van der Waals surface area contributed by atoms with Crippen LogP contribution in [0.2, 0.25) is 5.02 Å². The molecule has 1 N–H and O–H groups in total. The lowest BCUT2D eigenvalue weighted by molar-refractivity contribution is -0.114. The van der Waals surface area contributed by atoms with E-state index in [-0.39, 0.29) is 5.91 Å². The zero-order valence-electron chi connectivity index (χ0n) is 8.55. The van der Waals surface area contributed by atoms with Gasteiger partial charge in [0.2, 0.25) is 11.1 Å². The molecule has 1 aliphatic heterocycles. The second-order valence-electron chi connectivity index (χ2n) is 3.48. The van der Waals surface area contributed by atoms with Gasteiger partial charge >= 0.3 is 0 Å². The van der Waals surface area contributed by atoms with Gasteiger partial charge < -0.3 is 0 Å². The van der Waals surface area contributed by atoms with E-state index in [4.69, 9.17) is 11.6 Å². The maximum atomic E-state index is 11.3. The lowest BCUT2D eigenvalue weighted by Crippen LogP contribution is -2.29. The molecule has 0 unspecified atom stereocenters. The smallest absolute Gasteiger partial charge is 0.249 e. The van der Waals surface area contributed by atoms with Gasteiger partial charge in [-0.3, -0.25) is 10.2 Å². The normalized spacial score (nSPS) is 14.3. The van der Waals surface area contributed by atoms with Gasteiger partial charge in [0, 0.05) is 10.6 Å². The highest BCUT2D eigenvalue weighted by atomic mass is 35.5. The SMILES string of the molecule is O=C1CSc2nnc(-c3cccc(Cl)c3)n2N1.